The van der Waals surface area contributed by atoms with Crippen LogP contribution in [0.3, 0.4) is 0 Å². The van der Waals surface area contributed by atoms with Crippen LogP contribution in [0.15, 0.2) is 41.0 Å². The molecule has 11 heteroatoms. The third-order valence-electron chi connectivity index (χ3n) is 5.39. The van der Waals surface area contributed by atoms with Gasteiger partial charge in [0.15, 0.2) is 5.78 Å². The number of Topliss-reactive ketones (excluding diaryl/α,β-unsaturated/α-hetero) is 1. The highest BCUT2D eigenvalue weighted by Gasteiger charge is 2.56. The third-order valence-corrected chi connectivity index (χ3v) is 5.57. The first kappa shape index (κ1) is 25.8. The lowest BCUT2D eigenvalue weighted by atomic mass is 9.86. The van der Waals surface area contributed by atoms with Crippen molar-refractivity contribution >= 4 is 17.4 Å². The van der Waals surface area contributed by atoms with Gasteiger partial charge in [0.1, 0.15) is 17.8 Å². The van der Waals surface area contributed by atoms with Crippen LogP contribution in [-0.2, 0) is 11.1 Å². The van der Waals surface area contributed by atoms with E-state index < -0.39 is 47.5 Å². The number of nitrogens with two attached hydrogens (primary N) is 1. The summed E-state index contributed by atoms with van der Waals surface area (Å²) in [5.74, 6) is -1.29. The molecule has 0 aliphatic rings. The van der Waals surface area contributed by atoms with Gasteiger partial charge < -0.3 is 15.3 Å². The van der Waals surface area contributed by atoms with E-state index >= 15 is 0 Å². The molecule has 0 saturated carbocycles. The molecule has 182 valence electrons. The maximum atomic E-state index is 14.2. The molecule has 0 spiro atoms. The van der Waals surface area contributed by atoms with Crippen molar-refractivity contribution in [1.82, 2.24) is 9.97 Å². The predicted molar refractivity (Wildman–Crippen MR) is 117 cm³/mol. The lowest BCUT2D eigenvalue weighted by Gasteiger charge is -2.31. The minimum absolute atomic E-state index is 0.0615. The summed E-state index contributed by atoms with van der Waals surface area (Å²) in [7, 11) is 0. The number of oxazole rings is 1. The molecule has 0 amide bonds. The topological polar surface area (TPSA) is 102 Å². The van der Waals surface area contributed by atoms with Crippen molar-refractivity contribution < 1.29 is 31.9 Å². The Balaban J connectivity index is 2.10. The van der Waals surface area contributed by atoms with Crippen LogP contribution < -0.4 is 5.73 Å². The van der Waals surface area contributed by atoms with E-state index in [1.54, 1.807) is 13.8 Å². The molecule has 3 N–H and O–H groups in total. The van der Waals surface area contributed by atoms with Crippen molar-refractivity contribution in [3.63, 3.8) is 0 Å². The number of hydrogen-bond donors (Lipinski definition) is 2. The van der Waals surface area contributed by atoms with Crippen molar-refractivity contribution in [2.45, 2.75) is 50.9 Å². The summed E-state index contributed by atoms with van der Waals surface area (Å²) in [5, 5.41) is 10.5. The second-order valence-corrected chi connectivity index (χ2v) is 8.90. The minimum atomic E-state index is -5.19. The fraction of sp³-hybridized carbons (Fsp3) is 0.348. The van der Waals surface area contributed by atoms with Gasteiger partial charge in [0, 0.05) is 17.5 Å². The maximum absolute atomic E-state index is 14.2. The molecule has 34 heavy (non-hydrogen) atoms. The molecular formula is C23H22ClF4N3O3. The van der Waals surface area contributed by atoms with Gasteiger partial charge >= 0.3 is 6.18 Å². The molecule has 1 aromatic carbocycles. The number of aromatic nitrogens is 2. The summed E-state index contributed by atoms with van der Waals surface area (Å²) in [4.78, 5) is 20.0. The van der Waals surface area contributed by atoms with Crippen molar-refractivity contribution in [2.75, 3.05) is 0 Å². The number of nitrogens with zero attached hydrogens (tertiary/aromatic N) is 2. The van der Waals surface area contributed by atoms with E-state index in [0.717, 1.165) is 12.3 Å². The fourth-order valence-electron chi connectivity index (χ4n) is 3.28. The number of aryl methyl sites for hydroxylation is 1. The van der Waals surface area contributed by atoms with E-state index in [1.807, 2.05) is 0 Å². The molecule has 0 aliphatic carbocycles. The Morgan fingerprint density at radius 1 is 1.18 bits per heavy atom. The zero-order valence-corrected chi connectivity index (χ0v) is 19.3. The summed E-state index contributed by atoms with van der Waals surface area (Å²) in [6, 6.07) is 6.51. The van der Waals surface area contributed by atoms with Crippen LogP contribution in [-0.4, -0.2) is 27.0 Å². The van der Waals surface area contributed by atoms with Crippen molar-refractivity contribution in [1.29, 1.82) is 0 Å². The molecule has 0 radical (unpaired) electrons. The second kappa shape index (κ2) is 9.09. The molecule has 0 bridgehead atoms. The second-order valence-electron chi connectivity index (χ2n) is 8.58. The fourth-order valence-corrected chi connectivity index (χ4v) is 3.42. The molecule has 1 unspecified atom stereocenters. The Bertz CT molecular complexity index is 1220. The average molecular weight is 500 g/mol. The Kier molecular flexibility index (Phi) is 6.89. The number of aliphatic hydroxyl groups is 1. The van der Waals surface area contributed by atoms with Gasteiger partial charge in [0.2, 0.25) is 5.60 Å². The number of pyridine rings is 1. The van der Waals surface area contributed by atoms with E-state index in [9.17, 15) is 27.5 Å². The van der Waals surface area contributed by atoms with E-state index in [4.69, 9.17) is 21.8 Å². The monoisotopic (exact) mass is 499 g/mol. The summed E-state index contributed by atoms with van der Waals surface area (Å²) in [6.45, 7) is 4.66. The first-order valence-corrected chi connectivity index (χ1v) is 10.5. The van der Waals surface area contributed by atoms with Gasteiger partial charge in [-0.05, 0) is 80.3 Å². The Morgan fingerprint density at radius 3 is 2.38 bits per heavy atom. The number of ketones is 1. The smallest absolute Gasteiger partial charge is 0.422 e. The van der Waals surface area contributed by atoms with Crippen molar-refractivity contribution in [3.8, 4) is 11.3 Å². The Morgan fingerprint density at radius 2 is 1.85 bits per heavy atom. The number of rotatable bonds is 7. The average Bonchev–Trinajstić information content (AvgIpc) is 3.18. The zero-order valence-electron chi connectivity index (χ0n) is 18.5. The predicted octanol–water partition coefficient (Wildman–Crippen LogP) is 5.44. The molecular weight excluding hydrogens is 478 g/mol. The standard InChI is InChI=1S/C23H22ClF4N3O3/c1-12-8-13(4-5-15(12)25)16-9-14(21(2,3)29)10-19(30-16)22(33,23(26,27)28)7-6-18(32)17-11-34-20(24)31-17/h4-5,8-11,33H,6-7,29H2,1-3H3. The highest BCUT2D eigenvalue weighted by atomic mass is 35.5. The molecule has 6 nitrogen and oxygen atoms in total. The molecule has 1 atom stereocenters. The van der Waals surface area contributed by atoms with Gasteiger partial charge in [-0.25, -0.2) is 9.37 Å². The van der Waals surface area contributed by atoms with Crippen LogP contribution in [0.4, 0.5) is 17.6 Å². The number of carbonyl (C=O) groups excluding carboxylic acids is 1. The molecule has 3 rings (SSSR count). The van der Waals surface area contributed by atoms with Crippen LogP contribution in [0.1, 0.15) is 54.0 Å². The molecule has 0 fully saturated rings. The molecule has 3 aromatic rings. The van der Waals surface area contributed by atoms with Crippen LogP contribution in [0.25, 0.3) is 11.3 Å². The molecule has 0 aliphatic heterocycles. The highest BCUT2D eigenvalue weighted by Crippen LogP contribution is 2.43. The Labute approximate surface area is 197 Å². The van der Waals surface area contributed by atoms with Crippen molar-refractivity contribution in [2.24, 2.45) is 5.73 Å². The number of carbonyl (C=O) groups is 1. The SMILES string of the molecule is Cc1cc(-c2cc(C(C)(C)N)cc(C(O)(CCC(=O)c3coc(Cl)n3)C(F)(F)F)n2)ccc1F. The zero-order chi connectivity index (χ0) is 25.5. The maximum Gasteiger partial charge on any atom is 0.422 e. The van der Waals surface area contributed by atoms with Crippen LogP contribution >= 0.6 is 11.6 Å². The highest BCUT2D eigenvalue weighted by molar-refractivity contribution is 6.27. The number of benzene rings is 1. The van der Waals surface area contributed by atoms with Crippen molar-refractivity contribution in [3.05, 3.63) is 70.3 Å². The van der Waals surface area contributed by atoms with Gasteiger partial charge in [-0.15, -0.1) is 0 Å². The van der Waals surface area contributed by atoms with Crippen LogP contribution in [0.5, 0.6) is 0 Å². The lowest BCUT2D eigenvalue weighted by Crippen LogP contribution is -2.44. The van der Waals surface area contributed by atoms with Gasteiger partial charge in [0.25, 0.3) is 5.35 Å². The van der Waals surface area contributed by atoms with Crippen LogP contribution in [0, 0.1) is 12.7 Å². The first-order chi connectivity index (χ1) is 15.6. The largest absolute Gasteiger partial charge is 0.435 e. The molecule has 2 aromatic heterocycles. The first-order valence-electron chi connectivity index (χ1n) is 10.1. The molecule has 0 saturated heterocycles. The third kappa shape index (κ3) is 5.29. The van der Waals surface area contributed by atoms with E-state index in [-0.39, 0.29) is 27.9 Å². The van der Waals surface area contributed by atoms with E-state index in [0.29, 0.717) is 5.56 Å². The van der Waals surface area contributed by atoms with Crippen LogP contribution in [0.2, 0.25) is 5.35 Å². The minimum Gasteiger partial charge on any atom is -0.435 e. The molecule has 2 heterocycles. The normalized spacial score (nSPS) is 14.2. The summed E-state index contributed by atoms with van der Waals surface area (Å²) < 4.78 is 61.0. The number of alkyl halides is 3. The van der Waals surface area contributed by atoms with Gasteiger partial charge in [0.05, 0.1) is 11.4 Å². The van der Waals surface area contributed by atoms with E-state index in [2.05, 4.69) is 9.97 Å². The summed E-state index contributed by atoms with van der Waals surface area (Å²) in [5.41, 5.74) is 1.48. The van der Waals surface area contributed by atoms with Gasteiger partial charge in [-0.3, -0.25) is 4.79 Å². The van der Waals surface area contributed by atoms with E-state index in [1.165, 1.54) is 31.2 Å². The lowest BCUT2D eigenvalue weighted by molar-refractivity contribution is -0.270. The number of halogens is 5. The summed E-state index contributed by atoms with van der Waals surface area (Å²) >= 11 is 5.51. The Hall–Kier alpha value is -2.82. The summed E-state index contributed by atoms with van der Waals surface area (Å²) in [6.07, 6.45) is -6.03. The van der Waals surface area contributed by atoms with Gasteiger partial charge in [-0.1, -0.05) is 0 Å². The van der Waals surface area contributed by atoms with Gasteiger partial charge in [-0.2, -0.15) is 18.2 Å². The number of hydrogen-bond acceptors (Lipinski definition) is 6. The quantitative estimate of drug-likeness (QED) is 0.331.